The summed E-state index contributed by atoms with van der Waals surface area (Å²) in [5, 5.41) is 17.3. The minimum Gasteiger partial charge on any atom is -0.480 e. The molecule has 1 aromatic carbocycles. The summed E-state index contributed by atoms with van der Waals surface area (Å²) in [7, 11) is 0. The van der Waals surface area contributed by atoms with Crippen molar-refractivity contribution in [1.82, 2.24) is 4.90 Å². The molecule has 1 saturated heterocycles. The standard InChI is InChI=1S/C15H16N2O4/c16-9-11-1-3-12(4-2-11)15(20)17-7-5-13(6-8-17)21-10-14(18)19/h1-4,13H,5-8,10H2,(H,18,19). The summed E-state index contributed by atoms with van der Waals surface area (Å²) < 4.78 is 5.23. The third-order valence-electron chi connectivity index (χ3n) is 3.43. The fourth-order valence-electron chi connectivity index (χ4n) is 2.28. The van der Waals surface area contributed by atoms with E-state index < -0.39 is 5.97 Å². The van der Waals surface area contributed by atoms with Gasteiger partial charge in [0.05, 0.1) is 17.7 Å². The summed E-state index contributed by atoms with van der Waals surface area (Å²) in [6, 6.07) is 8.55. The molecule has 1 fully saturated rings. The summed E-state index contributed by atoms with van der Waals surface area (Å²) in [4.78, 5) is 24.4. The fourth-order valence-corrected chi connectivity index (χ4v) is 2.28. The van der Waals surface area contributed by atoms with Gasteiger partial charge in [0, 0.05) is 18.7 Å². The van der Waals surface area contributed by atoms with Crippen molar-refractivity contribution in [2.75, 3.05) is 19.7 Å². The number of likely N-dealkylation sites (tertiary alicyclic amines) is 1. The summed E-state index contributed by atoms with van der Waals surface area (Å²) in [6.07, 6.45) is 1.16. The van der Waals surface area contributed by atoms with Crippen LogP contribution >= 0.6 is 0 Å². The largest absolute Gasteiger partial charge is 0.480 e. The number of piperidine rings is 1. The van der Waals surface area contributed by atoms with E-state index in [2.05, 4.69) is 0 Å². The van der Waals surface area contributed by atoms with Crippen LogP contribution in [0.15, 0.2) is 24.3 Å². The molecule has 6 heteroatoms. The van der Waals surface area contributed by atoms with E-state index >= 15 is 0 Å². The Morgan fingerprint density at radius 1 is 1.29 bits per heavy atom. The van der Waals surface area contributed by atoms with Crippen LogP contribution in [-0.4, -0.2) is 47.7 Å². The Hall–Kier alpha value is -2.39. The van der Waals surface area contributed by atoms with Crippen molar-refractivity contribution in [1.29, 1.82) is 5.26 Å². The molecule has 0 spiro atoms. The molecule has 1 aromatic rings. The molecular formula is C15H16N2O4. The Balaban J connectivity index is 1.88. The smallest absolute Gasteiger partial charge is 0.329 e. The number of hydrogen-bond donors (Lipinski definition) is 1. The normalized spacial score (nSPS) is 15.5. The molecule has 1 amide bonds. The summed E-state index contributed by atoms with van der Waals surface area (Å²) in [6.45, 7) is 0.792. The number of carboxylic acids is 1. The van der Waals surface area contributed by atoms with Crippen LogP contribution in [0.5, 0.6) is 0 Å². The number of nitrogens with zero attached hydrogens (tertiary/aromatic N) is 2. The number of benzene rings is 1. The van der Waals surface area contributed by atoms with Crippen molar-refractivity contribution in [2.45, 2.75) is 18.9 Å². The topological polar surface area (TPSA) is 90.6 Å². The second-order valence-corrected chi connectivity index (χ2v) is 4.89. The van der Waals surface area contributed by atoms with Crippen molar-refractivity contribution >= 4 is 11.9 Å². The molecule has 0 aromatic heterocycles. The first-order valence-electron chi connectivity index (χ1n) is 6.73. The minimum atomic E-state index is -0.980. The average molecular weight is 288 g/mol. The molecule has 110 valence electrons. The van der Waals surface area contributed by atoms with E-state index in [-0.39, 0.29) is 18.6 Å². The Kier molecular flexibility index (Phi) is 4.90. The number of nitriles is 1. The lowest BCUT2D eigenvalue weighted by molar-refractivity contribution is -0.145. The lowest BCUT2D eigenvalue weighted by Gasteiger charge is -2.31. The maximum absolute atomic E-state index is 12.3. The molecular weight excluding hydrogens is 272 g/mol. The lowest BCUT2D eigenvalue weighted by Crippen LogP contribution is -2.41. The van der Waals surface area contributed by atoms with E-state index in [0.29, 0.717) is 37.1 Å². The first-order valence-corrected chi connectivity index (χ1v) is 6.73. The first kappa shape index (κ1) is 15.0. The zero-order valence-electron chi connectivity index (χ0n) is 11.5. The van der Waals surface area contributed by atoms with Crippen LogP contribution in [0.25, 0.3) is 0 Å². The van der Waals surface area contributed by atoms with Gasteiger partial charge in [0.2, 0.25) is 0 Å². The fraction of sp³-hybridized carbons (Fsp3) is 0.400. The highest BCUT2D eigenvalue weighted by molar-refractivity contribution is 5.94. The second kappa shape index (κ2) is 6.86. The van der Waals surface area contributed by atoms with Gasteiger partial charge in [0.25, 0.3) is 5.91 Å². The van der Waals surface area contributed by atoms with Gasteiger partial charge in [-0.2, -0.15) is 5.26 Å². The SMILES string of the molecule is N#Cc1ccc(C(=O)N2CCC(OCC(=O)O)CC2)cc1. The molecule has 2 rings (SSSR count). The van der Waals surface area contributed by atoms with Crippen LogP contribution in [0, 0.1) is 11.3 Å². The first-order chi connectivity index (χ1) is 10.1. The Morgan fingerprint density at radius 3 is 2.43 bits per heavy atom. The molecule has 21 heavy (non-hydrogen) atoms. The molecule has 0 saturated carbocycles. The van der Waals surface area contributed by atoms with Crippen molar-refractivity contribution in [3.8, 4) is 6.07 Å². The third kappa shape index (κ3) is 4.04. The van der Waals surface area contributed by atoms with Gasteiger partial charge in [-0.25, -0.2) is 4.79 Å². The molecule has 1 aliphatic rings. The molecule has 0 aliphatic carbocycles. The molecule has 0 bridgehead atoms. The second-order valence-electron chi connectivity index (χ2n) is 4.89. The van der Waals surface area contributed by atoms with Crippen LogP contribution in [-0.2, 0) is 9.53 Å². The van der Waals surface area contributed by atoms with E-state index in [0.717, 1.165) is 0 Å². The average Bonchev–Trinajstić information content (AvgIpc) is 2.53. The number of amides is 1. The van der Waals surface area contributed by atoms with Gasteiger partial charge >= 0.3 is 5.97 Å². The molecule has 1 heterocycles. The number of hydrogen-bond acceptors (Lipinski definition) is 4. The van der Waals surface area contributed by atoms with Crippen LogP contribution in [0.3, 0.4) is 0 Å². The van der Waals surface area contributed by atoms with E-state index in [1.165, 1.54) is 0 Å². The highest BCUT2D eigenvalue weighted by Crippen LogP contribution is 2.16. The number of carbonyl (C=O) groups is 2. The molecule has 6 nitrogen and oxygen atoms in total. The molecule has 0 unspecified atom stereocenters. The van der Waals surface area contributed by atoms with Crippen LogP contribution < -0.4 is 0 Å². The number of aliphatic carboxylic acids is 1. The minimum absolute atomic E-state index is 0.0730. The van der Waals surface area contributed by atoms with Crippen LogP contribution in [0.4, 0.5) is 0 Å². The number of ether oxygens (including phenoxy) is 1. The van der Waals surface area contributed by atoms with Gasteiger partial charge in [0.1, 0.15) is 6.61 Å². The van der Waals surface area contributed by atoms with E-state index in [1.807, 2.05) is 6.07 Å². The number of carbonyl (C=O) groups excluding carboxylic acids is 1. The maximum atomic E-state index is 12.3. The molecule has 1 aliphatic heterocycles. The molecule has 0 radical (unpaired) electrons. The highest BCUT2D eigenvalue weighted by Gasteiger charge is 2.24. The van der Waals surface area contributed by atoms with Crippen LogP contribution in [0.2, 0.25) is 0 Å². The predicted molar refractivity (Wildman–Crippen MR) is 73.7 cm³/mol. The Labute approximate surface area is 122 Å². The Morgan fingerprint density at radius 2 is 1.90 bits per heavy atom. The highest BCUT2D eigenvalue weighted by atomic mass is 16.5. The van der Waals surface area contributed by atoms with Crippen molar-refractivity contribution in [3.63, 3.8) is 0 Å². The summed E-state index contributed by atoms with van der Waals surface area (Å²) in [5.41, 5.74) is 1.08. The monoisotopic (exact) mass is 288 g/mol. The van der Waals surface area contributed by atoms with Crippen LogP contribution in [0.1, 0.15) is 28.8 Å². The van der Waals surface area contributed by atoms with Crippen molar-refractivity contribution < 1.29 is 19.4 Å². The molecule has 1 N–H and O–H groups in total. The van der Waals surface area contributed by atoms with Gasteiger partial charge in [-0.3, -0.25) is 4.79 Å². The summed E-state index contributed by atoms with van der Waals surface area (Å²) in [5.74, 6) is -1.05. The van der Waals surface area contributed by atoms with Gasteiger partial charge in [0.15, 0.2) is 0 Å². The van der Waals surface area contributed by atoms with Gasteiger partial charge in [-0.1, -0.05) is 0 Å². The zero-order valence-corrected chi connectivity index (χ0v) is 11.5. The van der Waals surface area contributed by atoms with Crippen molar-refractivity contribution in [3.05, 3.63) is 35.4 Å². The van der Waals surface area contributed by atoms with E-state index in [4.69, 9.17) is 15.1 Å². The predicted octanol–water partition coefficient (Wildman–Crippen LogP) is 1.26. The van der Waals surface area contributed by atoms with E-state index in [1.54, 1.807) is 29.2 Å². The third-order valence-corrected chi connectivity index (χ3v) is 3.43. The van der Waals surface area contributed by atoms with Gasteiger partial charge in [-0.05, 0) is 37.1 Å². The molecule has 0 atom stereocenters. The lowest BCUT2D eigenvalue weighted by atomic mass is 10.1. The maximum Gasteiger partial charge on any atom is 0.329 e. The quantitative estimate of drug-likeness (QED) is 0.900. The Bertz CT molecular complexity index is 554. The van der Waals surface area contributed by atoms with Gasteiger partial charge < -0.3 is 14.7 Å². The number of carboxylic acid groups (broad SMARTS) is 1. The number of rotatable bonds is 4. The zero-order chi connectivity index (χ0) is 15.2. The van der Waals surface area contributed by atoms with Crippen molar-refractivity contribution in [2.24, 2.45) is 0 Å². The van der Waals surface area contributed by atoms with E-state index in [9.17, 15) is 9.59 Å². The summed E-state index contributed by atoms with van der Waals surface area (Å²) >= 11 is 0. The van der Waals surface area contributed by atoms with Gasteiger partial charge in [-0.15, -0.1) is 0 Å².